The van der Waals surface area contributed by atoms with Gasteiger partial charge in [-0.25, -0.2) is 0 Å². The number of carbonyl (C=O) groups excluding carboxylic acids is 2. The van der Waals surface area contributed by atoms with Crippen molar-refractivity contribution in [1.29, 1.82) is 0 Å². The van der Waals surface area contributed by atoms with Crippen molar-refractivity contribution >= 4 is 17.5 Å². The number of nitrogens with one attached hydrogen (secondary N) is 3. The van der Waals surface area contributed by atoms with Crippen LogP contribution in [0.2, 0.25) is 0 Å². The van der Waals surface area contributed by atoms with Crippen molar-refractivity contribution in [1.82, 2.24) is 10.6 Å². The Morgan fingerprint density at radius 1 is 0.812 bits per heavy atom. The minimum absolute atomic E-state index is 0.139. The Morgan fingerprint density at radius 3 is 2.12 bits per heavy atom. The lowest BCUT2D eigenvalue weighted by atomic mass is 10.1. The summed E-state index contributed by atoms with van der Waals surface area (Å²) in [4.78, 5) is 24.5. The average molecular weight is 432 g/mol. The summed E-state index contributed by atoms with van der Waals surface area (Å²) < 4.78 is 5.63. The third-order valence-corrected chi connectivity index (χ3v) is 4.64. The fraction of sp³-hybridized carbons (Fsp3) is 0.231. The number of carbonyl (C=O) groups is 2. The van der Waals surface area contributed by atoms with Gasteiger partial charge in [-0.15, -0.1) is 0 Å². The lowest BCUT2D eigenvalue weighted by molar-refractivity contribution is -0.115. The largest absolute Gasteiger partial charge is 0.491 e. The van der Waals surface area contributed by atoms with E-state index in [-0.39, 0.29) is 24.5 Å². The molecule has 32 heavy (non-hydrogen) atoms. The zero-order valence-corrected chi connectivity index (χ0v) is 18.4. The van der Waals surface area contributed by atoms with E-state index in [0.29, 0.717) is 24.3 Å². The van der Waals surface area contributed by atoms with Crippen molar-refractivity contribution in [2.24, 2.45) is 0 Å². The summed E-state index contributed by atoms with van der Waals surface area (Å²) in [5, 5.41) is 8.84. The molecule has 0 heterocycles. The number of rotatable bonds is 10. The summed E-state index contributed by atoms with van der Waals surface area (Å²) in [6.07, 6.45) is 0.139. The minimum Gasteiger partial charge on any atom is -0.491 e. The summed E-state index contributed by atoms with van der Waals surface area (Å²) in [5.74, 6) is 0.530. The topological polar surface area (TPSA) is 79.5 Å². The maximum absolute atomic E-state index is 12.3. The van der Waals surface area contributed by atoms with Gasteiger partial charge in [-0.1, -0.05) is 42.5 Å². The smallest absolute Gasteiger partial charge is 0.251 e. The van der Waals surface area contributed by atoms with Gasteiger partial charge < -0.3 is 20.7 Å². The van der Waals surface area contributed by atoms with Crippen molar-refractivity contribution < 1.29 is 14.3 Å². The number of amides is 2. The molecule has 0 saturated carbocycles. The zero-order chi connectivity index (χ0) is 22.8. The van der Waals surface area contributed by atoms with Crippen LogP contribution in [0, 0.1) is 0 Å². The Labute approximate surface area is 189 Å². The van der Waals surface area contributed by atoms with Gasteiger partial charge in [0.2, 0.25) is 5.91 Å². The summed E-state index contributed by atoms with van der Waals surface area (Å²) >= 11 is 0. The first kappa shape index (κ1) is 23.0. The van der Waals surface area contributed by atoms with E-state index < -0.39 is 0 Å². The molecule has 6 nitrogen and oxygen atoms in total. The molecule has 0 aliphatic carbocycles. The molecule has 3 rings (SSSR count). The molecule has 0 spiro atoms. The van der Waals surface area contributed by atoms with Crippen molar-refractivity contribution in [2.75, 3.05) is 11.9 Å². The lowest BCUT2D eigenvalue weighted by Crippen LogP contribution is -2.27. The van der Waals surface area contributed by atoms with E-state index >= 15 is 0 Å². The second kappa shape index (κ2) is 11.7. The van der Waals surface area contributed by atoms with E-state index in [1.54, 1.807) is 24.3 Å². The number of hydrogen-bond acceptors (Lipinski definition) is 4. The van der Waals surface area contributed by atoms with Gasteiger partial charge in [0.1, 0.15) is 5.75 Å². The Bertz CT molecular complexity index is 1000. The van der Waals surface area contributed by atoms with Crippen LogP contribution >= 0.6 is 0 Å². The number of hydrogen-bond donors (Lipinski definition) is 3. The predicted molar refractivity (Wildman–Crippen MR) is 127 cm³/mol. The summed E-state index contributed by atoms with van der Waals surface area (Å²) in [6.45, 7) is 5.21. The molecule has 0 fully saturated rings. The van der Waals surface area contributed by atoms with E-state index in [0.717, 1.165) is 16.9 Å². The van der Waals surface area contributed by atoms with Crippen molar-refractivity contribution in [2.45, 2.75) is 33.0 Å². The molecule has 0 bridgehead atoms. The van der Waals surface area contributed by atoms with Crippen LogP contribution in [-0.4, -0.2) is 24.5 Å². The summed E-state index contributed by atoms with van der Waals surface area (Å²) in [7, 11) is 0. The predicted octanol–water partition coefficient (Wildman–Crippen LogP) is 4.13. The molecule has 0 radical (unpaired) electrons. The molecular formula is C26H29N3O3. The highest BCUT2D eigenvalue weighted by atomic mass is 16.5. The molecular weight excluding hydrogens is 402 g/mol. The van der Waals surface area contributed by atoms with E-state index in [1.807, 2.05) is 68.4 Å². The van der Waals surface area contributed by atoms with Crippen LogP contribution in [0.25, 0.3) is 0 Å². The van der Waals surface area contributed by atoms with Gasteiger partial charge in [0, 0.05) is 24.3 Å². The maximum atomic E-state index is 12.3. The van der Waals surface area contributed by atoms with Crippen molar-refractivity contribution in [3.05, 3.63) is 95.6 Å². The molecule has 0 saturated heterocycles. The first-order chi connectivity index (χ1) is 15.5. The molecule has 0 aromatic heterocycles. The average Bonchev–Trinajstić information content (AvgIpc) is 2.79. The summed E-state index contributed by atoms with van der Waals surface area (Å²) in [6, 6.07) is 24.4. The highest BCUT2D eigenvalue weighted by molar-refractivity contribution is 5.96. The molecule has 0 atom stereocenters. The van der Waals surface area contributed by atoms with Gasteiger partial charge in [0.25, 0.3) is 5.91 Å². The van der Waals surface area contributed by atoms with E-state index in [4.69, 9.17) is 4.74 Å². The monoisotopic (exact) mass is 431 g/mol. The number of anilines is 1. The number of ether oxygens (including phenoxy) is 1. The van der Waals surface area contributed by atoms with Crippen LogP contribution < -0.4 is 20.7 Å². The second-order valence-corrected chi connectivity index (χ2v) is 7.71. The normalized spacial score (nSPS) is 10.6. The van der Waals surface area contributed by atoms with Gasteiger partial charge in [-0.05, 0) is 61.4 Å². The van der Waals surface area contributed by atoms with Crippen LogP contribution in [0.1, 0.15) is 35.3 Å². The number of benzene rings is 3. The fourth-order valence-corrected chi connectivity index (χ4v) is 3.07. The minimum atomic E-state index is -0.154. The van der Waals surface area contributed by atoms with Gasteiger partial charge in [0.05, 0.1) is 12.6 Å². The Hall–Kier alpha value is -3.64. The van der Waals surface area contributed by atoms with Crippen LogP contribution in [0.15, 0.2) is 78.9 Å². The zero-order valence-electron chi connectivity index (χ0n) is 18.4. The fourth-order valence-electron chi connectivity index (χ4n) is 3.07. The molecule has 0 aliphatic rings. The molecule has 6 heteroatoms. The molecule has 166 valence electrons. The maximum Gasteiger partial charge on any atom is 0.251 e. The summed E-state index contributed by atoms with van der Waals surface area (Å²) in [5.41, 5.74) is 3.30. The standard InChI is InChI=1S/C26H29N3O3/c1-19(2)32-24-14-8-21(9-15-24)16-27-18-25(30)29-23-12-10-22(11-13-23)26(31)28-17-20-6-4-3-5-7-20/h3-15,19,27H,16-18H2,1-2H3,(H,28,31)(H,29,30). The highest BCUT2D eigenvalue weighted by Gasteiger charge is 2.07. The Morgan fingerprint density at radius 2 is 1.47 bits per heavy atom. The Kier molecular flexibility index (Phi) is 8.40. The molecule has 2 amide bonds. The van der Waals surface area contributed by atoms with Crippen molar-refractivity contribution in [3.8, 4) is 5.75 Å². The van der Waals surface area contributed by atoms with Gasteiger partial charge in [-0.3, -0.25) is 9.59 Å². The van der Waals surface area contributed by atoms with Crippen LogP contribution in [0.5, 0.6) is 5.75 Å². The highest BCUT2D eigenvalue weighted by Crippen LogP contribution is 2.14. The van der Waals surface area contributed by atoms with Crippen molar-refractivity contribution in [3.63, 3.8) is 0 Å². The molecule has 0 unspecified atom stereocenters. The molecule has 0 aliphatic heterocycles. The van der Waals surface area contributed by atoms with E-state index in [9.17, 15) is 9.59 Å². The molecule has 3 aromatic rings. The van der Waals surface area contributed by atoms with E-state index in [1.165, 1.54) is 0 Å². The lowest BCUT2D eigenvalue weighted by Gasteiger charge is -2.11. The van der Waals surface area contributed by atoms with Crippen LogP contribution in [-0.2, 0) is 17.9 Å². The SMILES string of the molecule is CC(C)Oc1ccc(CNCC(=O)Nc2ccc(C(=O)NCc3ccccc3)cc2)cc1. The van der Waals surface area contributed by atoms with Crippen LogP contribution in [0.4, 0.5) is 5.69 Å². The Balaban J connectivity index is 1.40. The van der Waals surface area contributed by atoms with Crippen LogP contribution in [0.3, 0.4) is 0 Å². The first-order valence-electron chi connectivity index (χ1n) is 10.7. The second-order valence-electron chi connectivity index (χ2n) is 7.71. The first-order valence-corrected chi connectivity index (χ1v) is 10.7. The van der Waals surface area contributed by atoms with Gasteiger partial charge in [0.15, 0.2) is 0 Å². The molecule has 3 aromatic carbocycles. The van der Waals surface area contributed by atoms with E-state index in [2.05, 4.69) is 16.0 Å². The third kappa shape index (κ3) is 7.56. The van der Waals surface area contributed by atoms with Gasteiger partial charge in [-0.2, -0.15) is 0 Å². The van der Waals surface area contributed by atoms with Gasteiger partial charge >= 0.3 is 0 Å². The quantitative estimate of drug-likeness (QED) is 0.451. The molecule has 3 N–H and O–H groups in total. The third-order valence-electron chi connectivity index (χ3n) is 4.64.